The van der Waals surface area contributed by atoms with E-state index in [1.54, 1.807) is 4.90 Å². The van der Waals surface area contributed by atoms with E-state index in [0.29, 0.717) is 12.1 Å². The topological polar surface area (TPSA) is 70.5 Å². The van der Waals surface area contributed by atoms with Crippen LogP contribution in [0.1, 0.15) is 27.8 Å². The lowest BCUT2D eigenvalue weighted by molar-refractivity contribution is 0.0690. The number of aromatic carboxylic acids is 1. The second-order valence-corrected chi connectivity index (χ2v) is 4.12. The summed E-state index contributed by atoms with van der Waals surface area (Å²) in [6.45, 7) is 2.36. The van der Waals surface area contributed by atoms with Gasteiger partial charge < -0.3 is 10.0 Å². The highest BCUT2D eigenvalue weighted by molar-refractivity contribution is 6.06. The van der Waals surface area contributed by atoms with Gasteiger partial charge in [0.2, 0.25) is 0 Å². The summed E-state index contributed by atoms with van der Waals surface area (Å²) in [4.78, 5) is 28.6. The number of pyridine rings is 1. The minimum absolute atomic E-state index is 0.139. The zero-order valence-corrected chi connectivity index (χ0v) is 11.0. The molecule has 2 rings (SSSR count). The highest BCUT2D eigenvalue weighted by Crippen LogP contribution is 2.16. The van der Waals surface area contributed by atoms with E-state index in [0.717, 1.165) is 5.69 Å². The summed E-state index contributed by atoms with van der Waals surface area (Å²) in [5, 5.41) is 8.92. The standard InChI is InChI=1S/C15H14N2O3/c1-2-17(12-6-4-3-5-7-12)14(18)11-8-9-16-13(10-11)15(19)20/h3-10H,2H2,1H3,(H,19,20). The van der Waals surface area contributed by atoms with Crippen LogP contribution in [0.25, 0.3) is 0 Å². The van der Waals surface area contributed by atoms with Crippen molar-refractivity contribution < 1.29 is 14.7 Å². The number of hydrogen-bond acceptors (Lipinski definition) is 3. The Labute approximate surface area is 116 Å². The SMILES string of the molecule is CCN(C(=O)c1ccnc(C(=O)O)c1)c1ccccc1. The molecule has 1 N–H and O–H groups in total. The summed E-state index contributed by atoms with van der Waals surface area (Å²) in [6.07, 6.45) is 1.33. The predicted molar refractivity (Wildman–Crippen MR) is 75.0 cm³/mol. The number of carbonyl (C=O) groups is 2. The van der Waals surface area contributed by atoms with Crippen molar-refractivity contribution in [3.8, 4) is 0 Å². The second kappa shape index (κ2) is 5.97. The molecule has 20 heavy (non-hydrogen) atoms. The maximum atomic E-state index is 12.5. The van der Waals surface area contributed by atoms with Crippen molar-refractivity contribution in [2.45, 2.75) is 6.92 Å². The molecule has 2 aromatic rings. The third-order valence-corrected chi connectivity index (χ3v) is 2.86. The zero-order chi connectivity index (χ0) is 14.5. The smallest absolute Gasteiger partial charge is 0.354 e. The molecule has 102 valence electrons. The van der Waals surface area contributed by atoms with E-state index in [9.17, 15) is 9.59 Å². The minimum Gasteiger partial charge on any atom is -0.477 e. The number of anilines is 1. The molecule has 5 heteroatoms. The van der Waals surface area contributed by atoms with Gasteiger partial charge in [0.25, 0.3) is 5.91 Å². The Kier molecular flexibility index (Phi) is 4.10. The number of carbonyl (C=O) groups excluding carboxylic acids is 1. The van der Waals surface area contributed by atoms with Gasteiger partial charge in [-0.15, -0.1) is 0 Å². The quantitative estimate of drug-likeness (QED) is 0.926. The highest BCUT2D eigenvalue weighted by Gasteiger charge is 2.17. The molecular weight excluding hydrogens is 256 g/mol. The lowest BCUT2D eigenvalue weighted by Crippen LogP contribution is -2.30. The molecule has 1 aromatic carbocycles. The van der Waals surface area contributed by atoms with Gasteiger partial charge in [0.05, 0.1) is 0 Å². The van der Waals surface area contributed by atoms with E-state index in [1.807, 2.05) is 37.3 Å². The maximum Gasteiger partial charge on any atom is 0.354 e. The number of rotatable bonds is 4. The van der Waals surface area contributed by atoms with Crippen molar-refractivity contribution in [3.63, 3.8) is 0 Å². The summed E-state index contributed by atoms with van der Waals surface area (Å²) >= 11 is 0. The number of aromatic nitrogens is 1. The monoisotopic (exact) mass is 270 g/mol. The van der Waals surface area contributed by atoms with Gasteiger partial charge in [-0.3, -0.25) is 4.79 Å². The lowest BCUT2D eigenvalue weighted by Gasteiger charge is -2.21. The minimum atomic E-state index is -1.15. The van der Waals surface area contributed by atoms with Crippen molar-refractivity contribution in [1.82, 2.24) is 4.98 Å². The first-order chi connectivity index (χ1) is 9.63. The molecule has 5 nitrogen and oxygen atoms in total. The van der Waals surface area contributed by atoms with Gasteiger partial charge in [-0.25, -0.2) is 9.78 Å². The van der Waals surface area contributed by atoms with E-state index < -0.39 is 5.97 Å². The summed E-state index contributed by atoms with van der Waals surface area (Å²) in [6, 6.07) is 12.0. The molecule has 1 amide bonds. The number of benzene rings is 1. The molecule has 0 aliphatic heterocycles. The Morgan fingerprint density at radius 1 is 1.20 bits per heavy atom. The van der Waals surface area contributed by atoms with Gasteiger partial charge in [0.15, 0.2) is 0 Å². The number of nitrogens with zero attached hydrogens (tertiary/aromatic N) is 2. The van der Waals surface area contributed by atoms with Crippen molar-refractivity contribution >= 4 is 17.6 Å². The normalized spacial score (nSPS) is 10.1. The Bertz CT molecular complexity index is 626. The Morgan fingerprint density at radius 2 is 1.90 bits per heavy atom. The van der Waals surface area contributed by atoms with Crippen LogP contribution >= 0.6 is 0 Å². The highest BCUT2D eigenvalue weighted by atomic mass is 16.4. The Morgan fingerprint density at radius 3 is 2.50 bits per heavy atom. The average molecular weight is 270 g/mol. The Hall–Kier alpha value is -2.69. The van der Waals surface area contributed by atoms with Gasteiger partial charge >= 0.3 is 5.97 Å². The van der Waals surface area contributed by atoms with Crippen molar-refractivity contribution in [1.29, 1.82) is 0 Å². The van der Waals surface area contributed by atoms with Crippen LogP contribution in [-0.4, -0.2) is 28.5 Å². The fraction of sp³-hybridized carbons (Fsp3) is 0.133. The lowest BCUT2D eigenvalue weighted by atomic mass is 10.2. The molecule has 0 aliphatic carbocycles. The van der Waals surface area contributed by atoms with Gasteiger partial charge in [-0.2, -0.15) is 0 Å². The third kappa shape index (κ3) is 2.83. The van der Waals surface area contributed by atoms with Crippen molar-refractivity contribution in [2.75, 3.05) is 11.4 Å². The van der Waals surface area contributed by atoms with E-state index in [2.05, 4.69) is 4.98 Å². The van der Waals surface area contributed by atoms with Crippen molar-refractivity contribution in [3.05, 3.63) is 59.9 Å². The number of carboxylic acid groups (broad SMARTS) is 1. The molecule has 1 aromatic heterocycles. The third-order valence-electron chi connectivity index (χ3n) is 2.86. The maximum absolute atomic E-state index is 12.5. The predicted octanol–water partition coefficient (Wildman–Crippen LogP) is 2.45. The average Bonchev–Trinajstić information content (AvgIpc) is 2.49. The van der Waals surface area contributed by atoms with Crippen LogP contribution in [0.5, 0.6) is 0 Å². The van der Waals surface area contributed by atoms with Gasteiger partial charge in [0.1, 0.15) is 5.69 Å². The first kappa shape index (κ1) is 13.7. The first-order valence-corrected chi connectivity index (χ1v) is 6.19. The van der Waals surface area contributed by atoms with E-state index in [1.165, 1.54) is 18.3 Å². The fourth-order valence-electron chi connectivity index (χ4n) is 1.89. The van der Waals surface area contributed by atoms with Crippen LogP contribution in [0.4, 0.5) is 5.69 Å². The Balaban J connectivity index is 2.34. The molecule has 0 saturated carbocycles. The van der Waals surface area contributed by atoms with Crippen LogP contribution in [0.15, 0.2) is 48.7 Å². The summed E-state index contributed by atoms with van der Waals surface area (Å²) in [5.41, 5.74) is 0.941. The van der Waals surface area contributed by atoms with E-state index in [-0.39, 0.29) is 11.6 Å². The summed E-state index contributed by atoms with van der Waals surface area (Å²) in [5.74, 6) is -1.40. The number of hydrogen-bond donors (Lipinski definition) is 1. The zero-order valence-electron chi connectivity index (χ0n) is 11.0. The van der Waals surface area contributed by atoms with Crippen molar-refractivity contribution in [2.24, 2.45) is 0 Å². The fourth-order valence-corrected chi connectivity index (χ4v) is 1.89. The van der Waals surface area contributed by atoms with Gasteiger partial charge in [-0.1, -0.05) is 18.2 Å². The largest absolute Gasteiger partial charge is 0.477 e. The molecule has 0 saturated heterocycles. The molecule has 0 unspecified atom stereocenters. The number of para-hydroxylation sites is 1. The molecule has 0 bridgehead atoms. The molecular formula is C15H14N2O3. The van der Waals surface area contributed by atoms with Crippen LogP contribution in [0, 0.1) is 0 Å². The van der Waals surface area contributed by atoms with E-state index >= 15 is 0 Å². The number of carboxylic acids is 1. The molecule has 0 fully saturated rings. The van der Waals surface area contributed by atoms with E-state index in [4.69, 9.17) is 5.11 Å². The summed E-state index contributed by atoms with van der Waals surface area (Å²) < 4.78 is 0. The molecule has 0 aliphatic rings. The molecule has 0 radical (unpaired) electrons. The van der Waals surface area contributed by atoms with Crippen LogP contribution in [0.2, 0.25) is 0 Å². The molecule has 1 heterocycles. The molecule has 0 atom stereocenters. The number of amides is 1. The van der Waals surface area contributed by atoms with Crippen LogP contribution < -0.4 is 4.90 Å². The molecule has 0 spiro atoms. The van der Waals surface area contributed by atoms with Crippen LogP contribution in [-0.2, 0) is 0 Å². The summed E-state index contributed by atoms with van der Waals surface area (Å²) in [7, 11) is 0. The van der Waals surface area contributed by atoms with Gasteiger partial charge in [0, 0.05) is 24.0 Å². The second-order valence-electron chi connectivity index (χ2n) is 4.12. The first-order valence-electron chi connectivity index (χ1n) is 6.19. The van der Waals surface area contributed by atoms with Crippen LogP contribution in [0.3, 0.4) is 0 Å². The van der Waals surface area contributed by atoms with Gasteiger partial charge in [-0.05, 0) is 31.2 Å².